The first-order valence-electron chi connectivity index (χ1n) is 11.3. The maximum absolute atomic E-state index is 12.5. The molecule has 0 fully saturated rings. The summed E-state index contributed by atoms with van der Waals surface area (Å²) in [5.41, 5.74) is 4.64. The molecule has 3 N–H and O–H groups in total. The molecular weight excluding hydrogens is 420 g/mol. The van der Waals surface area contributed by atoms with Crippen LogP contribution in [0.4, 0.5) is 4.79 Å². The van der Waals surface area contributed by atoms with Gasteiger partial charge in [-0.05, 0) is 35.1 Å². The van der Waals surface area contributed by atoms with Gasteiger partial charge in [0.2, 0.25) is 5.91 Å². The molecule has 3 unspecified atom stereocenters. The summed E-state index contributed by atoms with van der Waals surface area (Å²) in [6.07, 6.45) is 3.86. The number of carboxylic acid groups (broad SMARTS) is 1. The minimum atomic E-state index is -0.922. The van der Waals surface area contributed by atoms with Crippen molar-refractivity contribution in [3.05, 3.63) is 71.8 Å². The van der Waals surface area contributed by atoms with Gasteiger partial charge in [-0.25, -0.2) is 4.79 Å². The largest absolute Gasteiger partial charge is 0.481 e. The molecule has 0 radical (unpaired) electrons. The Kier molecular flexibility index (Phi) is 6.77. The summed E-state index contributed by atoms with van der Waals surface area (Å²) in [7, 11) is 0. The van der Waals surface area contributed by atoms with Crippen LogP contribution in [0.25, 0.3) is 11.1 Å². The Hall–Kier alpha value is -3.61. The summed E-state index contributed by atoms with van der Waals surface area (Å²) in [6.45, 7) is 2.10. The molecule has 2 aromatic rings. The van der Waals surface area contributed by atoms with E-state index in [1.54, 1.807) is 19.1 Å². The third kappa shape index (κ3) is 4.92. The Balaban J connectivity index is 1.27. The topological polar surface area (TPSA) is 105 Å². The lowest BCUT2D eigenvalue weighted by Gasteiger charge is -2.17. The van der Waals surface area contributed by atoms with Gasteiger partial charge in [-0.1, -0.05) is 67.6 Å². The number of fused-ring (bicyclic) bond motifs is 3. The van der Waals surface area contributed by atoms with Crippen LogP contribution in [0, 0.1) is 11.8 Å². The highest BCUT2D eigenvalue weighted by atomic mass is 16.5. The van der Waals surface area contributed by atoms with E-state index in [0.717, 1.165) is 11.1 Å². The lowest BCUT2D eigenvalue weighted by atomic mass is 9.98. The fourth-order valence-electron chi connectivity index (χ4n) is 4.55. The molecule has 3 atom stereocenters. The fourth-order valence-corrected chi connectivity index (χ4v) is 4.55. The monoisotopic (exact) mass is 448 g/mol. The number of hydrogen-bond donors (Lipinski definition) is 3. The van der Waals surface area contributed by atoms with Gasteiger partial charge in [-0.3, -0.25) is 9.59 Å². The number of carbonyl (C=O) groups is 3. The summed E-state index contributed by atoms with van der Waals surface area (Å²) in [5.74, 6) is -2.18. The minimum absolute atomic E-state index is 0.0125. The van der Waals surface area contributed by atoms with E-state index in [9.17, 15) is 14.4 Å². The third-order valence-electron chi connectivity index (χ3n) is 6.43. The number of carboxylic acids is 1. The molecule has 0 aromatic heterocycles. The van der Waals surface area contributed by atoms with Crippen molar-refractivity contribution in [3.8, 4) is 11.1 Å². The van der Waals surface area contributed by atoms with Gasteiger partial charge in [-0.15, -0.1) is 0 Å². The summed E-state index contributed by atoms with van der Waals surface area (Å²) in [4.78, 5) is 35.9. The van der Waals surface area contributed by atoms with Crippen molar-refractivity contribution in [2.24, 2.45) is 11.8 Å². The fraction of sp³-hybridized carbons (Fsp3) is 0.346. The van der Waals surface area contributed by atoms with Gasteiger partial charge < -0.3 is 20.5 Å². The second kappa shape index (κ2) is 9.90. The average Bonchev–Trinajstić information content (AvgIpc) is 3.40. The predicted molar refractivity (Wildman–Crippen MR) is 124 cm³/mol. The Labute approximate surface area is 192 Å². The second-order valence-corrected chi connectivity index (χ2v) is 8.49. The summed E-state index contributed by atoms with van der Waals surface area (Å²) < 4.78 is 5.57. The van der Waals surface area contributed by atoms with Crippen LogP contribution in [-0.2, 0) is 14.3 Å². The number of benzene rings is 2. The van der Waals surface area contributed by atoms with E-state index in [4.69, 9.17) is 9.84 Å². The standard InChI is InChI=1S/C26H28N2O5/c1-2-16(25(30)31)14-27-24(29)17-11-12-18(13-17)28-26(32)33-15-23-21-9-5-3-7-19(21)20-8-4-6-10-22(20)23/h3-12,16-18,23H,2,13-15H2,1H3,(H,27,29)(H,28,32)(H,30,31). The molecule has 0 bridgehead atoms. The van der Waals surface area contributed by atoms with Crippen LogP contribution >= 0.6 is 0 Å². The normalized spacial score (nSPS) is 19.4. The average molecular weight is 449 g/mol. The van der Waals surface area contributed by atoms with Gasteiger partial charge in [0.15, 0.2) is 0 Å². The SMILES string of the molecule is CCC(CNC(=O)C1C=CC(NC(=O)OCC2c3ccccc3-c3ccccc32)C1)C(=O)O. The van der Waals surface area contributed by atoms with Crippen molar-refractivity contribution in [3.63, 3.8) is 0 Å². The lowest BCUT2D eigenvalue weighted by Crippen LogP contribution is -2.38. The molecule has 7 nitrogen and oxygen atoms in total. The zero-order valence-corrected chi connectivity index (χ0v) is 18.5. The molecule has 0 aliphatic heterocycles. The highest BCUT2D eigenvalue weighted by molar-refractivity contribution is 5.82. The zero-order chi connectivity index (χ0) is 23.4. The van der Waals surface area contributed by atoms with Gasteiger partial charge >= 0.3 is 12.1 Å². The molecule has 0 saturated heterocycles. The Morgan fingerprint density at radius 2 is 1.67 bits per heavy atom. The van der Waals surface area contributed by atoms with Gasteiger partial charge in [-0.2, -0.15) is 0 Å². The minimum Gasteiger partial charge on any atom is -0.481 e. The number of hydrogen-bond acceptors (Lipinski definition) is 4. The molecular formula is C26H28N2O5. The van der Waals surface area contributed by atoms with Crippen molar-refractivity contribution < 1.29 is 24.2 Å². The Morgan fingerprint density at radius 1 is 1.03 bits per heavy atom. The zero-order valence-electron chi connectivity index (χ0n) is 18.5. The number of alkyl carbamates (subject to hydrolysis) is 1. The van der Waals surface area contributed by atoms with E-state index in [1.807, 2.05) is 24.3 Å². The van der Waals surface area contributed by atoms with Gasteiger partial charge in [0.05, 0.1) is 17.9 Å². The molecule has 2 aliphatic carbocycles. The van der Waals surface area contributed by atoms with Crippen LogP contribution in [0.5, 0.6) is 0 Å². The Bertz CT molecular complexity index is 1030. The molecule has 172 valence electrons. The quantitative estimate of drug-likeness (QED) is 0.534. The highest BCUT2D eigenvalue weighted by Gasteiger charge is 2.30. The van der Waals surface area contributed by atoms with E-state index >= 15 is 0 Å². The first-order chi connectivity index (χ1) is 16.0. The molecule has 0 heterocycles. The van der Waals surface area contributed by atoms with Crippen molar-refractivity contribution in [2.75, 3.05) is 13.2 Å². The molecule has 4 rings (SSSR count). The second-order valence-electron chi connectivity index (χ2n) is 8.49. The van der Waals surface area contributed by atoms with Gasteiger partial charge in [0, 0.05) is 12.5 Å². The molecule has 2 amide bonds. The highest BCUT2D eigenvalue weighted by Crippen LogP contribution is 2.44. The molecule has 0 spiro atoms. The smallest absolute Gasteiger partial charge is 0.407 e. The van der Waals surface area contributed by atoms with Crippen LogP contribution < -0.4 is 10.6 Å². The van der Waals surface area contributed by atoms with Gasteiger partial charge in [0.25, 0.3) is 0 Å². The summed E-state index contributed by atoms with van der Waals surface area (Å²) in [6, 6.07) is 16.0. The summed E-state index contributed by atoms with van der Waals surface area (Å²) >= 11 is 0. The molecule has 33 heavy (non-hydrogen) atoms. The molecule has 7 heteroatoms. The van der Waals surface area contributed by atoms with E-state index in [-0.39, 0.29) is 31.0 Å². The summed E-state index contributed by atoms with van der Waals surface area (Å²) in [5, 5.41) is 14.6. The number of nitrogens with one attached hydrogen (secondary N) is 2. The van der Waals surface area contributed by atoms with Crippen LogP contribution in [0.3, 0.4) is 0 Å². The first kappa shape index (κ1) is 22.6. The predicted octanol–water partition coefficient (Wildman–Crippen LogP) is 3.70. The number of rotatable bonds is 8. The Morgan fingerprint density at radius 3 is 2.27 bits per heavy atom. The van der Waals surface area contributed by atoms with Crippen molar-refractivity contribution in [2.45, 2.75) is 31.7 Å². The van der Waals surface area contributed by atoms with E-state index in [2.05, 4.69) is 34.9 Å². The van der Waals surface area contributed by atoms with Crippen molar-refractivity contribution in [1.29, 1.82) is 0 Å². The van der Waals surface area contributed by atoms with Crippen molar-refractivity contribution >= 4 is 18.0 Å². The van der Waals surface area contributed by atoms with Crippen LogP contribution in [0.15, 0.2) is 60.7 Å². The third-order valence-corrected chi connectivity index (χ3v) is 6.43. The van der Waals surface area contributed by atoms with E-state index in [1.165, 1.54) is 11.1 Å². The van der Waals surface area contributed by atoms with Crippen LogP contribution in [-0.4, -0.2) is 42.3 Å². The molecule has 0 saturated carbocycles. The number of aliphatic carboxylic acids is 1. The maximum Gasteiger partial charge on any atom is 0.407 e. The van der Waals surface area contributed by atoms with Crippen LogP contribution in [0.1, 0.15) is 36.8 Å². The number of ether oxygens (including phenoxy) is 1. The number of carbonyl (C=O) groups excluding carboxylic acids is 2. The molecule has 2 aromatic carbocycles. The molecule has 2 aliphatic rings. The van der Waals surface area contributed by atoms with E-state index < -0.39 is 23.9 Å². The maximum atomic E-state index is 12.5. The van der Waals surface area contributed by atoms with Crippen LogP contribution in [0.2, 0.25) is 0 Å². The lowest BCUT2D eigenvalue weighted by molar-refractivity contribution is -0.141. The first-order valence-corrected chi connectivity index (χ1v) is 11.3. The number of amides is 2. The van der Waals surface area contributed by atoms with Crippen molar-refractivity contribution in [1.82, 2.24) is 10.6 Å². The van der Waals surface area contributed by atoms with E-state index in [0.29, 0.717) is 12.8 Å². The van der Waals surface area contributed by atoms with Gasteiger partial charge in [0.1, 0.15) is 6.61 Å².